The van der Waals surface area contributed by atoms with E-state index in [1.54, 1.807) is 6.20 Å². The number of anilines is 1. The maximum absolute atomic E-state index is 11.4. The number of amides is 1. The van der Waals surface area contributed by atoms with Crippen LogP contribution in [-0.4, -0.2) is 28.2 Å². The number of Topliss-reactive ketones (excluding diaryl/α,β-unsaturated/α-hetero) is 1. The van der Waals surface area contributed by atoms with Gasteiger partial charge in [0.2, 0.25) is 5.91 Å². The molecule has 0 saturated carbocycles. The van der Waals surface area contributed by atoms with E-state index in [0.717, 1.165) is 0 Å². The van der Waals surface area contributed by atoms with E-state index in [-0.39, 0.29) is 24.7 Å². The van der Waals surface area contributed by atoms with Crippen molar-refractivity contribution in [2.75, 3.05) is 11.4 Å². The van der Waals surface area contributed by atoms with Gasteiger partial charge >= 0.3 is 0 Å². The standard InChI is InChI=1S/C8H6BrN3O2/c9-6-2-10-4-11-8(6)12-3-5(13)1-7(12)14/h2,4H,1,3H2. The molecule has 5 nitrogen and oxygen atoms in total. The van der Waals surface area contributed by atoms with E-state index in [0.29, 0.717) is 10.3 Å². The number of rotatable bonds is 1. The van der Waals surface area contributed by atoms with Crippen LogP contribution in [0.3, 0.4) is 0 Å². The van der Waals surface area contributed by atoms with Gasteiger partial charge in [-0.1, -0.05) is 0 Å². The van der Waals surface area contributed by atoms with E-state index in [1.165, 1.54) is 11.2 Å². The average molecular weight is 256 g/mol. The molecule has 2 rings (SSSR count). The van der Waals surface area contributed by atoms with Crippen LogP contribution in [-0.2, 0) is 9.59 Å². The number of carbonyl (C=O) groups excluding carboxylic acids is 2. The van der Waals surface area contributed by atoms with Crippen LogP contribution in [0.5, 0.6) is 0 Å². The van der Waals surface area contributed by atoms with Crippen molar-refractivity contribution in [3.05, 3.63) is 17.0 Å². The van der Waals surface area contributed by atoms with Crippen molar-refractivity contribution >= 4 is 33.4 Å². The minimum Gasteiger partial charge on any atom is -0.297 e. The van der Waals surface area contributed by atoms with Gasteiger partial charge in [0.05, 0.1) is 17.4 Å². The van der Waals surface area contributed by atoms with Gasteiger partial charge < -0.3 is 0 Å². The number of aromatic nitrogens is 2. The minimum atomic E-state index is -0.214. The van der Waals surface area contributed by atoms with Crippen LogP contribution in [0, 0.1) is 0 Å². The van der Waals surface area contributed by atoms with Crippen molar-refractivity contribution in [3.63, 3.8) is 0 Å². The smallest absolute Gasteiger partial charge is 0.236 e. The summed E-state index contributed by atoms with van der Waals surface area (Å²) in [5.74, 6) is 0.158. The van der Waals surface area contributed by atoms with Crippen LogP contribution in [0.15, 0.2) is 17.0 Å². The fourth-order valence-electron chi connectivity index (χ4n) is 1.28. The van der Waals surface area contributed by atoms with Crippen molar-refractivity contribution in [1.29, 1.82) is 0 Å². The third-order valence-electron chi connectivity index (χ3n) is 1.89. The number of halogens is 1. The second-order valence-corrected chi connectivity index (χ2v) is 3.74. The lowest BCUT2D eigenvalue weighted by molar-refractivity contribution is -0.121. The first-order valence-corrected chi connectivity index (χ1v) is 4.75. The van der Waals surface area contributed by atoms with Gasteiger partial charge in [0.25, 0.3) is 0 Å². The maximum atomic E-state index is 11.4. The van der Waals surface area contributed by atoms with E-state index in [1.807, 2.05) is 0 Å². The molecule has 1 amide bonds. The summed E-state index contributed by atoms with van der Waals surface area (Å²) < 4.78 is 0.614. The van der Waals surface area contributed by atoms with E-state index in [4.69, 9.17) is 0 Å². The number of carbonyl (C=O) groups is 2. The molecule has 0 bridgehead atoms. The Balaban J connectivity index is 2.36. The van der Waals surface area contributed by atoms with E-state index in [2.05, 4.69) is 25.9 Å². The topological polar surface area (TPSA) is 63.2 Å². The molecule has 1 aromatic rings. The van der Waals surface area contributed by atoms with E-state index < -0.39 is 0 Å². The van der Waals surface area contributed by atoms with Crippen LogP contribution in [0.2, 0.25) is 0 Å². The lowest BCUT2D eigenvalue weighted by atomic mass is 10.3. The van der Waals surface area contributed by atoms with Crippen molar-refractivity contribution in [2.45, 2.75) is 6.42 Å². The van der Waals surface area contributed by atoms with Crippen LogP contribution in [0.4, 0.5) is 5.82 Å². The number of hydrogen-bond acceptors (Lipinski definition) is 4. The highest BCUT2D eigenvalue weighted by Crippen LogP contribution is 2.24. The van der Waals surface area contributed by atoms with E-state index in [9.17, 15) is 9.59 Å². The van der Waals surface area contributed by atoms with Crippen LogP contribution in [0.25, 0.3) is 0 Å². The first-order chi connectivity index (χ1) is 6.68. The van der Waals surface area contributed by atoms with Crippen molar-refractivity contribution in [2.24, 2.45) is 0 Å². The van der Waals surface area contributed by atoms with Crippen LogP contribution in [0.1, 0.15) is 6.42 Å². The first kappa shape index (κ1) is 9.26. The van der Waals surface area contributed by atoms with Gasteiger partial charge in [0.15, 0.2) is 11.6 Å². The summed E-state index contributed by atoms with van der Waals surface area (Å²) in [6, 6.07) is 0. The van der Waals surface area contributed by atoms with Gasteiger partial charge in [-0.15, -0.1) is 0 Å². The Morgan fingerprint density at radius 3 is 2.79 bits per heavy atom. The zero-order chi connectivity index (χ0) is 10.1. The molecule has 0 aliphatic carbocycles. The highest BCUT2D eigenvalue weighted by molar-refractivity contribution is 9.10. The summed E-state index contributed by atoms with van der Waals surface area (Å²) in [4.78, 5) is 31.5. The average Bonchev–Trinajstić information content (AvgIpc) is 2.46. The third kappa shape index (κ3) is 1.52. The molecule has 1 aliphatic rings. The summed E-state index contributed by atoms with van der Waals surface area (Å²) in [7, 11) is 0. The Morgan fingerprint density at radius 1 is 1.43 bits per heavy atom. The molecule has 1 aromatic heterocycles. The molecule has 0 unspecified atom stereocenters. The normalized spacial score (nSPS) is 16.5. The fourth-order valence-corrected chi connectivity index (χ4v) is 1.72. The Kier molecular flexibility index (Phi) is 2.28. The van der Waals surface area contributed by atoms with Crippen molar-refractivity contribution in [1.82, 2.24) is 9.97 Å². The van der Waals surface area contributed by atoms with Gasteiger partial charge in [-0.3, -0.25) is 14.5 Å². The SMILES string of the molecule is O=C1CC(=O)N(c2ncncc2Br)C1. The lowest BCUT2D eigenvalue weighted by Gasteiger charge is -2.13. The summed E-state index contributed by atoms with van der Waals surface area (Å²) >= 11 is 3.22. The Labute approximate surface area is 88.3 Å². The van der Waals surface area contributed by atoms with Gasteiger partial charge in [0.1, 0.15) is 6.33 Å². The minimum absolute atomic E-state index is 0.0313. The van der Waals surface area contributed by atoms with Crippen LogP contribution >= 0.6 is 15.9 Å². The molecular weight excluding hydrogens is 250 g/mol. The lowest BCUT2D eigenvalue weighted by Crippen LogP contribution is -2.25. The van der Waals surface area contributed by atoms with Crippen molar-refractivity contribution < 1.29 is 9.59 Å². The van der Waals surface area contributed by atoms with Crippen molar-refractivity contribution in [3.8, 4) is 0 Å². The molecule has 6 heteroatoms. The molecule has 2 heterocycles. The predicted octanol–water partition coefficient (Wildman–Crippen LogP) is 0.545. The Morgan fingerprint density at radius 2 is 2.21 bits per heavy atom. The molecule has 0 N–H and O–H groups in total. The molecule has 14 heavy (non-hydrogen) atoms. The second kappa shape index (κ2) is 3.45. The molecule has 1 fully saturated rings. The summed E-state index contributed by atoms with van der Waals surface area (Å²) in [6.45, 7) is 0.106. The third-order valence-corrected chi connectivity index (χ3v) is 2.45. The predicted molar refractivity (Wildman–Crippen MR) is 51.7 cm³/mol. The monoisotopic (exact) mass is 255 g/mol. The molecule has 0 spiro atoms. The molecule has 1 aliphatic heterocycles. The van der Waals surface area contributed by atoms with Gasteiger partial charge in [0, 0.05) is 6.20 Å². The van der Waals surface area contributed by atoms with Crippen LogP contribution < -0.4 is 4.90 Å². The highest BCUT2D eigenvalue weighted by atomic mass is 79.9. The fraction of sp³-hybridized carbons (Fsp3) is 0.250. The molecule has 0 radical (unpaired) electrons. The van der Waals surface area contributed by atoms with Gasteiger partial charge in [-0.2, -0.15) is 0 Å². The second-order valence-electron chi connectivity index (χ2n) is 2.89. The highest BCUT2D eigenvalue weighted by Gasteiger charge is 2.30. The zero-order valence-corrected chi connectivity index (χ0v) is 8.69. The number of ketones is 1. The molecule has 0 atom stereocenters. The Bertz CT molecular complexity index is 407. The molecular formula is C8H6BrN3O2. The largest absolute Gasteiger partial charge is 0.297 e. The summed E-state index contributed by atoms with van der Waals surface area (Å²) in [5.41, 5.74) is 0. The van der Waals surface area contributed by atoms with Gasteiger partial charge in [-0.25, -0.2) is 9.97 Å². The number of nitrogens with zero attached hydrogens (tertiary/aromatic N) is 3. The van der Waals surface area contributed by atoms with E-state index >= 15 is 0 Å². The number of hydrogen-bond donors (Lipinski definition) is 0. The molecule has 72 valence electrons. The zero-order valence-electron chi connectivity index (χ0n) is 7.11. The summed E-state index contributed by atoms with van der Waals surface area (Å²) in [6.07, 6.45) is 2.85. The molecule has 1 saturated heterocycles. The maximum Gasteiger partial charge on any atom is 0.236 e. The van der Waals surface area contributed by atoms with Gasteiger partial charge in [-0.05, 0) is 15.9 Å². The quantitative estimate of drug-likeness (QED) is 0.688. The summed E-state index contributed by atoms with van der Waals surface area (Å²) in [5, 5.41) is 0. The Hall–Kier alpha value is -1.30. The molecule has 0 aromatic carbocycles. The first-order valence-electron chi connectivity index (χ1n) is 3.96.